The van der Waals surface area contributed by atoms with Gasteiger partial charge in [-0.3, -0.25) is 0 Å². The minimum absolute atomic E-state index is 0.104. The van der Waals surface area contributed by atoms with Gasteiger partial charge in [0.2, 0.25) is 0 Å². The molecule has 48 heavy (non-hydrogen) atoms. The highest BCUT2D eigenvalue weighted by Crippen LogP contribution is 2.63. The maximum Gasteiger partial charge on any atom is 0.149 e. The molecule has 0 spiro atoms. The molecule has 0 unspecified atom stereocenters. The summed E-state index contributed by atoms with van der Waals surface area (Å²) in [6.45, 7) is 7.07. The number of rotatable bonds is 3. The minimum Gasteiger partial charge on any atom is -0.231 e. The van der Waals surface area contributed by atoms with Crippen molar-refractivity contribution in [2.75, 3.05) is 0 Å². The zero-order valence-corrected chi connectivity index (χ0v) is 27.3. The number of nitrogens with zero attached hydrogens (tertiary/aromatic N) is 2. The number of hydrogen-bond acceptors (Lipinski definition) is 2. The van der Waals surface area contributed by atoms with Gasteiger partial charge in [0.25, 0.3) is 0 Å². The number of fused-ring (bicyclic) bond motifs is 3. The normalized spacial score (nSPS) is 20.3. The van der Waals surface area contributed by atoms with Crippen molar-refractivity contribution >= 4 is 0 Å². The van der Waals surface area contributed by atoms with E-state index in [2.05, 4.69) is 172 Å². The molecule has 0 atom stereocenters. The molecule has 1 heterocycles. The molecule has 11 rings (SSSR count). The lowest BCUT2D eigenvalue weighted by atomic mass is 9.47. The van der Waals surface area contributed by atoms with Crippen LogP contribution in [0.25, 0.3) is 33.6 Å². The molecule has 0 fully saturated rings. The van der Waals surface area contributed by atoms with Gasteiger partial charge in [-0.05, 0) is 74.7 Å². The molecule has 0 saturated heterocycles. The van der Waals surface area contributed by atoms with Crippen LogP contribution < -0.4 is 0 Å². The van der Waals surface area contributed by atoms with E-state index in [4.69, 9.17) is 9.97 Å². The molecular formula is C46H34N2. The summed E-state index contributed by atoms with van der Waals surface area (Å²) < 4.78 is 0. The van der Waals surface area contributed by atoms with Gasteiger partial charge in [-0.1, -0.05) is 153 Å². The fraction of sp³-hybridized carbons (Fsp3) is 0.130. The van der Waals surface area contributed by atoms with Crippen molar-refractivity contribution in [3.63, 3.8) is 0 Å². The van der Waals surface area contributed by atoms with Gasteiger partial charge in [-0.15, -0.1) is 0 Å². The van der Waals surface area contributed by atoms with Gasteiger partial charge in [-0.25, -0.2) is 9.97 Å². The quantitative estimate of drug-likeness (QED) is 0.198. The Morgan fingerprint density at radius 3 is 1.42 bits per heavy atom. The average molecular weight is 615 g/mol. The summed E-state index contributed by atoms with van der Waals surface area (Å²) in [5.74, 6) is 0.816. The predicted molar refractivity (Wildman–Crippen MR) is 194 cm³/mol. The molecule has 2 bridgehead atoms. The van der Waals surface area contributed by atoms with Gasteiger partial charge >= 0.3 is 0 Å². The van der Waals surface area contributed by atoms with Crippen molar-refractivity contribution in [3.05, 3.63) is 202 Å². The maximum absolute atomic E-state index is 5.65. The van der Waals surface area contributed by atoms with Gasteiger partial charge in [-0.2, -0.15) is 0 Å². The van der Waals surface area contributed by atoms with Crippen molar-refractivity contribution in [1.82, 2.24) is 9.97 Å². The third-order valence-corrected chi connectivity index (χ3v) is 11.6. The number of aromatic nitrogens is 2. The zero-order valence-electron chi connectivity index (χ0n) is 27.3. The Bertz CT molecular complexity index is 2330. The lowest BCUT2D eigenvalue weighted by Crippen LogP contribution is -2.50. The molecule has 2 heteroatoms. The average Bonchev–Trinajstić information content (AvgIpc) is 3.38. The fourth-order valence-corrected chi connectivity index (χ4v) is 9.35. The van der Waals surface area contributed by atoms with Crippen LogP contribution in [0.4, 0.5) is 0 Å². The second kappa shape index (κ2) is 9.49. The van der Waals surface area contributed by atoms with Gasteiger partial charge in [0.05, 0.1) is 11.4 Å². The molecule has 4 aliphatic rings. The molecule has 0 saturated carbocycles. The van der Waals surface area contributed by atoms with Crippen LogP contribution in [-0.2, 0) is 16.2 Å². The molecular weight excluding hydrogens is 581 g/mol. The molecule has 7 aromatic rings. The first-order valence-corrected chi connectivity index (χ1v) is 16.9. The molecule has 6 aromatic carbocycles. The molecule has 2 nitrogen and oxygen atoms in total. The minimum atomic E-state index is -0.673. The van der Waals surface area contributed by atoms with Crippen LogP contribution in [0.3, 0.4) is 0 Å². The van der Waals surface area contributed by atoms with Crippen molar-refractivity contribution in [3.8, 4) is 33.6 Å². The third-order valence-electron chi connectivity index (χ3n) is 11.6. The van der Waals surface area contributed by atoms with E-state index >= 15 is 0 Å². The summed E-state index contributed by atoms with van der Waals surface area (Å²) in [7, 11) is 0. The Kier molecular flexibility index (Phi) is 5.44. The highest BCUT2D eigenvalue weighted by molar-refractivity contribution is 5.84. The second-order valence-electron chi connectivity index (χ2n) is 14.3. The van der Waals surface area contributed by atoms with Crippen molar-refractivity contribution in [2.45, 2.75) is 37.0 Å². The van der Waals surface area contributed by atoms with Gasteiger partial charge in [0.1, 0.15) is 11.2 Å². The van der Waals surface area contributed by atoms with Crippen LogP contribution in [0, 0.1) is 0 Å². The number of hydrogen-bond donors (Lipinski definition) is 0. The van der Waals surface area contributed by atoms with E-state index in [1.165, 1.54) is 55.6 Å². The van der Waals surface area contributed by atoms with E-state index in [9.17, 15) is 0 Å². The van der Waals surface area contributed by atoms with Crippen molar-refractivity contribution < 1.29 is 0 Å². The fourth-order valence-electron chi connectivity index (χ4n) is 9.35. The Hall–Kier alpha value is -5.60. The van der Waals surface area contributed by atoms with Gasteiger partial charge < -0.3 is 0 Å². The first-order valence-electron chi connectivity index (χ1n) is 16.9. The topological polar surface area (TPSA) is 25.8 Å². The molecule has 0 N–H and O–H groups in total. The van der Waals surface area contributed by atoms with Crippen molar-refractivity contribution in [2.24, 2.45) is 0 Å². The second-order valence-corrected chi connectivity index (χ2v) is 14.3. The highest BCUT2D eigenvalue weighted by Gasteiger charge is 2.59. The van der Waals surface area contributed by atoms with Gasteiger partial charge in [0.15, 0.2) is 0 Å². The van der Waals surface area contributed by atoms with E-state index in [1.807, 2.05) is 0 Å². The van der Waals surface area contributed by atoms with Crippen LogP contribution in [0.15, 0.2) is 152 Å². The highest BCUT2D eigenvalue weighted by atomic mass is 14.9. The standard InChI is InChI=1S/C46H34N2/c1-44(2)33-18-8-7-17-31(33)32-26-25-30(27-40(32)44)42-28-41(29-15-5-4-6-16-29)47-43(48-42)46-37-22-12-9-19-34(37)45(3,35-20-10-13-23-38(35)46)36-21-11-14-24-39(36)46/h4-28H,1-3H3. The largest absolute Gasteiger partial charge is 0.231 e. The summed E-state index contributed by atoms with van der Waals surface area (Å²) in [6.07, 6.45) is 0. The van der Waals surface area contributed by atoms with E-state index in [-0.39, 0.29) is 10.8 Å². The summed E-state index contributed by atoms with van der Waals surface area (Å²) >= 11 is 0. The van der Waals surface area contributed by atoms with Crippen LogP contribution in [0.5, 0.6) is 0 Å². The molecule has 1 aromatic heterocycles. The summed E-state index contributed by atoms with van der Waals surface area (Å²) in [5, 5.41) is 0. The Balaban J connectivity index is 1.30. The monoisotopic (exact) mass is 614 g/mol. The molecule has 4 aliphatic carbocycles. The van der Waals surface area contributed by atoms with Crippen LogP contribution in [0.2, 0.25) is 0 Å². The van der Waals surface area contributed by atoms with E-state index in [0.29, 0.717) is 0 Å². The smallest absolute Gasteiger partial charge is 0.149 e. The van der Waals surface area contributed by atoms with Crippen LogP contribution >= 0.6 is 0 Å². The Labute approximate surface area is 281 Å². The Morgan fingerprint density at radius 2 is 0.833 bits per heavy atom. The lowest BCUT2D eigenvalue weighted by molar-refractivity contribution is 0.515. The summed E-state index contributed by atoms with van der Waals surface area (Å²) in [5.41, 5.74) is 16.2. The summed E-state index contributed by atoms with van der Waals surface area (Å²) in [4.78, 5) is 11.2. The lowest BCUT2D eigenvalue weighted by Gasteiger charge is -2.54. The molecule has 0 aliphatic heterocycles. The Morgan fingerprint density at radius 1 is 0.375 bits per heavy atom. The van der Waals surface area contributed by atoms with Gasteiger partial charge in [0, 0.05) is 22.0 Å². The SMILES string of the molecule is CC1(C)c2ccccc2-c2ccc(-c3cc(-c4ccccc4)nc(C45c6ccccc6C(C)(c6ccccc64)c4ccccc45)n3)cc21. The van der Waals surface area contributed by atoms with E-state index < -0.39 is 5.41 Å². The van der Waals surface area contributed by atoms with E-state index in [1.54, 1.807) is 0 Å². The van der Waals surface area contributed by atoms with Crippen LogP contribution in [0.1, 0.15) is 71.1 Å². The molecule has 0 radical (unpaired) electrons. The molecule has 228 valence electrons. The summed E-state index contributed by atoms with van der Waals surface area (Å²) in [6, 6.07) is 55.5. The third kappa shape index (κ3) is 3.32. The first kappa shape index (κ1) is 27.5. The van der Waals surface area contributed by atoms with E-state index in [0.717, 1.165) is 28.3 Å². The maximum atomic E-state index is 5.65. The molecule has 0 amide bonds. The van der Waals surface area contributed by atoms with Crippen molar-refractivity contribution in [1.29, 1.82) is 0 Å². The number of benzene rings is 6. The predicted octanol–water partition coefficient (Wildman–Crippen LogP) is 10.5. The van der Waals surface area contributed by atoms with Crippen LogP contribution in [-0.4, -0.2) is 9.97 Å². The zero-order chi connectivity index (χ0) is 32.3. The first-order chi connectivity index (χ1) is 23.4.